The van der Waals surface area contributed by atoms with Crippen molar-refractivity contribution in [1.82, 2.24) is 0 Å². The predicted molar refractivity (Wildman–Crippen MR) is 132 cm³/mol. The molecule has 2 fully saturated rings. The van der Waals surface area contributed by atoms with Crippen molar-refractivity contribution in [3.8, 4) is 12.3 Å². The van der Waals surface area contributed by atoms with Crippen molar-refractivity contribution in [2.24, 2.45) is 16.7 Å². The summed E-state index contributed by atoms with van der Waals surface area (Å²) in [6.45, 7) is 10.4. The average molecular weight is 535 g/mol. The molecule has 2 aliphatic rings. The maximum atomic E-state index is 13.2. The Balaban J connectivity index is 2.15. The molecule has 2 rings (SSSR count). The van der Waals surface area contributed by atoms with Crippen LogP contribution in [0.4, 0.5) is 30.7 Å². The molecule has 208 valence electrons. The SMILES string of the molecule is C#CC(F)CCC/C(C)=C/C=C1\CCCC(C)(C(=C)C2(C/C=C\C(O)(C(F)(F)F)C(F)(F)F)CC2)C1C. The lowest BCUT2D eigenvalue weighted by molar-refractivity contribution is -0.347. The van der Waals surface area contributed by atoms with E-state index >= 15 is 0 Å². The van der Waals surface area contributed by atoms with E-state index in [1.54, 1.807) is 0 Å². The van der Waals surface area contributed by atoms with Gasteiger partial charge in [0.05, 0.1) is 0 Å². The second-order valence-corrected chi connectivity index (χ2v) is 10.9. The molecule has 1 N–H and O–H groups in total. The molecule has 3 unspecified atom stereocenters. The van der Waals surface area contributed by atoms with Gasteiger partial charge >= 0.3 is 12.4 Å². The first-order valence-corrected chi connectivity index (χ1v) is 12.6. The molecule has 2 aliphatic carbocycles. The van der Waals surface area contributed by atoms with Crippen LogP contribution in [0.25, 0.3) is 0 Å². The van der Waals surface area contributed by atoms with E-state index in [4.69, 9.17) is 6.42 Å². The fourth-order valence-corrected chi connectivity index (χ4v) is 5.31. The van der Waals surface area contributed by atoms with Crippen LogP contribution in [0.5, 0.6) is 0 Å². The summed E-state index contributed by atoms with van der Waals surface area (Å²) in [6, 6.07) is 0. The minimum absolute atomic E-state index is 0.0477. The average Bonchev–Trinajstić information content (AvgIpc) is 3.58. The zero-order chi connectivity index (χ0) is 28.3. The second kappa shape index (κ2) is 11.4. The monoisotopic (exact) mass is 534 g/mol. The quantitative estimate of drug-likeness (QED) is 0.169. The van der Waals surface area contributed by atoms with Crippen LogP contribution in [0.3, 0.4) is 0 Å². The van der Waals surface area contributed by atoms with Crippen molar-refractivity contribution >= 4 is 0 Å². The molecule has 0 amide bonds. The molecular weight excluding hydrogens is 497 g/mol. The Hall–Kier alpha value is -2.01. The van der Waals surface area contributed by atoms with Gasteiger partial charge in [0.1, 0.15) is 0 Å². The molecular formula is C29H37F7O. The van der Waals surface area contributed by atoms with Gasteiger partial charge in [0.2, 0.25) is 0 Å². The van der Waals surface area contributed by atoms with E-state index < -0.39 is 29.5 Å². The first-order chi connectivity index (χ1) is 16.9. The lowest BCUT2D eigenvalue weighted by atomic mass is 9.59. The molecule has 0 aromatic heterocycles. The third-order valence-corrected chi connectivity index (χ3v) is 8.38. The molecule has 0 aliphatic heterocycles. The number of terminal acetylenes is 1. The lowest BCUT2D eigenvalue weighted by Gasteiger charge is -2.46. The fraction of sp³-hybridized carbons (Fsp3) is 0.655. The van der Waals surface area contributed by atoms with Gasteiger partial charge in [0, 0.05) is 0 Å². The highest BCUT2D eigenvalue weighted by molar-refractivity contribution is 5.33. The van der Waals surface area contributed by atoms with Gasteiger partial charge in [0.25, 0.3) is 5.60 Å². The number of rotatable bonds is 10. The van der Waals surface area contributed by atoms with Crippen LogP contribution in [0.1, 0.15) is 78.6 Å². The van der Waals surface area contributed by atoms with Crippen LogP contribution < -0.4 is 0 Å². The van der Waals surface area contributed by atoms with Crippen molar-refractivity contribution in [2.75, 3.05) is 0 Å². The van der Waals surface area contributed by atoms with Gasteiger partial charge in [-0.1, -0.05) is 61.3 Å². The van der Waals surface area contributed by atoms with Crippen LogP contribution in [0.15, 0.2) is 47.6 Å². The van der Waals surface area contributed by atoms with E-state index in [1.165, 1.54) is 5.57 Å². The van der Waals surface area contributed by atoms with Crippen LogP contribution in [0, 0.1) is 29.1 Å². The van der Waals surface area contributed by atoms with Crippen molar-refractivity contribution in [3.63, 3.8) is 0 Å². The molecule has 0 saturated heterocycles. The summed E-state index contributed by atoms with van der Waals surface area (Å²) in [5.41, 5.74) is -2.68. The predicted octanol–water partition coefficient (Wildman–Crippen LogP) is 8.97. The van der Waals surface area contributed by atoms with Gasteiger partial charge in [-0.05, 0) is 87.5 Å². The highest BCUT2D eigenvalue weighted by Crippen LogP contribution is 2.63. The topological polar surface area (TPSA) is 20.2 Å². The molecule has 8 heteroatoms. The Kier molecular flexibility index (Phi) is 9.61. The van der Waals surface area contributed by atoms with E-state index in [0.717, 1.165) is 42.9 Å². The van der Waals surface area contributed by atoms with Gasteiger partial charge < -0.3 is 5.11 Å². The van der Waals surface area contributed by atoms with Crippen LogP contribution in [-0.4, -0.2) is 29.2 Å². The van der Waals surface area contributed by atoms with Gasteiger partial charge in [-0.15, -0.1) is 6.42 Å². The Bertz CT molecular complexity index is 942. The van der Waals surface area contributed by atoms with Crippen molar-refractivity contribution in [2.45, 2.75) is 103 Å². The lowest BCUT2D eigenvalue weighted by Crippen LogP contribution is -2.55. The molecule has 0 bridgehead atoms. The Morgan fingerprint density at radius 1 is 1.19 bits per heavy atom. The maximum Gasteiger partial charge on any atom is 0.429 e. The van der Waals surface area contributed by atoms with E-state index in [0.29, 0.717) is 25.7 Å². The van der Waals surface area contributed by atoms with Gasteiger partial charge in [0.15, 0.2) is 6.17 Å². The number of alkyl halides is 7. The van der Waals surface area contributed by atoms with Crippen LogP contribution in [0.2, 0.25) is 0 Å². The third-order valence-electron chi connectivity index (χ3n) is 8.38. The van der Waals surface area contributed by atoms with Gasteiger partial charge in [-0.25, -0.2) is 4.39 Å². The Labute approximate surface area is 215 Å². The normalized spacial score (nSPS) is 26.8. The van der Waals surface area contributed by atoms with Gasteiger partial charge in [-0.2, -0.15) is 26.3 Å². The van der Waals surface area contributed by atoms with E-state index in [-0.39, 0.29) is 23.8 Å². The summed E-state index contributed by atoms with van der Waals surface area (Å²) in [7, 11) is 0. The standard InChI is InChI=1S/C29H37F7O/c1-6-24(30)12-7-10-20(2)13-14-23-11-8-15-25(5,21(23)3)22(4)26(18-19-26)16-9-17-27(37,28(31,32)33)29(34,35)36/h1,9,13-14,17,21,24,37H,4,7-8,10-12,15-16,18-19H2,2-3,5H3/b17-9-,20-13+,23-14+. The second-order valence-electron chi connectivity index (χ2n) is 10.9. The summed E-state index contributed by atoms with van der Waals surface area (Å²) in [5, 5.41) is 9.41. The number of allylic oxidation sites excluding steroid dienone is 6. The van der Waals surface area contributed by atoms with E-state index in [1.807, 2.05) is 13.0 Å². The molecule has 0 radical (unpaired) electrons. The summed E-state index contributed by atoms with van der Waals surface area (Å²) in [5.74, 6) is 2.16. The fourth-order valence-electron chi connectivity index (χ4n) is 5.31. The van der Waals surface area contributed by atoms with Crippen LogP contribution in [-0.2, 0) is 0 Å². The Morgan fingerprint density at radius 3 is 2.30 bits per heavy atom. The molecule has 3 atom stereocenters. The highest BCUT2D eigenvalue weighted by Gasteiger charge is 2.69. The summed E-state index contributed by atoms with van der Waals surface area (Å²) >= 11 is 0. The third kappa shape index (κ3) is 6.90. The Morgan fingerprint density at radius 2 is 1.78 bits per heavy atom. The van der Waals surface area contributed by atoms with E-state index in [9.17, 15) is 35.8 Å². The zero-order valence-corrected chi connectivity index (χ0v) is 21.7. The molecule has 0 heterocycles. The number of hydrogen-bond acceptors (Lipinski definition) is 1. The minimum atomic E-state index is -5.88. The van der Waals surface area contributed by atoms with Crippen molar-refractivity contribution in [1.29, 1.82) is 0 Å². The zero-order valence-electron chi connectivity index (χ0n) is 21.7. The molecule has 0 aromatic carbocycles. The summed E-state index contributed by atoms with van der Waals surface area (Å²) in [6.07, 6.45) is 2.28. The first kappa shape index (κ1) is 31.2. The maximum absolute atomic E-state index is 13.2. The number of hydrogen-bond donors (Lipinski definition) is 1. The molecule has 0 aromatic rings. The van der Waals surface area contributed by atoms with Crippen LogP contribution >= 0.6 is 0 Å². The summed E-state index contributed by atoms with van der Waals surface area (Å²) < 4.78 is 91.3. The molecule has 0 spiro atoms. The number of halogens is 7. The van der Waals surface area contributed by atoms with E-state index in [2.05, 4.69) is 32.4 Å². The summed E-state index contributed by atoms with van der Waals surface area (Å²) in [4.78, 5) is 0. The first-order valence-electron chi connectivity index (χ1n) is 12.6. The largest absolute Gasteiger partial charge is 0.429 e. The smallest absolute Gasteiger partial charge is 0.370 e. The van der Waals surface area contributed by atoms with Crippen molar-refractivity contribution in [3.05, 3.63) is 47.6 Å². The molecule has 2 saturated carbocycles. The number of aliphatic hydroxyl groups is 1. The highest BCUT2D eigenvalue weighted by atomic mass is 19.4. The van der Waals surface area contributed by atoms with Crippen molar-refractivity contribution < 1.29 is 35.8 Å². The van der Waals surface area contributed by atoms with Gasteiger partial charge in [-0.3, -0.25) is 0 Å². The molecule has 1 nitrogen and oxygen atoms in total. The molecule has 37 heavy (non-hydrogen) atoms. The minimum Gasteiger partial charge on any atom is -0.370 e.